The van der Waals surface area contributed by atoms with E-state index in [1.165, 1.54) is 11.1 Å². The van der Waals surface area contributed by atoms with E-state index in [1.807, 2.05) is 76.2 Å². The Morgan fingerprint density at radius 2 is 1.23 bits per heavy atom. The van der Waals surface area contributed by atoms with Crippen molar-refractivity contribution >= 4 is 11.6 Å². The maximum absolute atomic E-state index is 12.6. The number of aromatic hydroxyl groups is 1. The highest BCUT2D eigenvalue weighted by Crippen LogP contribution is 2.38. The van der Waals surface area contributed by atoms with Gasteiger partial charge >= 0.3 is 0 Å². The third-order valence-corrected chi connectivity index (χ3v) is 4.93. The summed E-state index contributed by atoms with van der Waals surface area (Å²) in [6.45, 7) is 12.2. The predicted molar refractivity (Wildman–Crippen MR) is 126 cm³/mol. The molecular formula is C26H32N2O2. The van der Waals surface area contributed by atoms with Crippen molar-refractivity contribution in [1.29, 1.82) is 0 Å². The van der Waals surface area contributed by atoms with Crippen molar-refractivity contribution in [1.82, 2.24) is 4.98 Å². The van der Waals surface area contributed by atoms with Crippen molar-refractivity contribution in [3.8, 4) is 17.1 Å². The number of carbonyl (C=O) groups excluding carboxylic acids is 1. The molecule has 0 fully saturated rings. The van der Waals surface area contributed by atoms with Gasteiger partial charge < -0.3 is 10.1 Å². The quantitative estimate of drug-likeness (QED) is 0.517. The molecule has 4 nitrogen and oxygen atoms in total. The highest BCUT2D eigenvalue weighted by molar-refractivity contribution is 6.30. The van der Waals surface area contributed by atoms with Crippen LogP contribution < -0.4 is 0 Å². The van der Waals surface area contributed by atoms with E-state index in [9.17, 15) is 9.90 Å². The van der Waals surface area contributed by atoms with Gasteiger partial charge in [-0.1, -0.05) is 90.1 Å². The summed E-state index contributed by atoms with van der Waals surface area (Å²) in [5.74, 6) is -0.334. The first-order chi connectivity index (χ1) is 14.6. The molecule has 0 bridgehead atoms. The highest BCUT2D eigenvalue weighted by atomic mass is 16.3. The molecule has 0 radical (unpaired) electrons. The summed E-state index contributed by atoms with van der Waals surface area (Å²) in [4.78, 5) is 19.8. The average Bonchev–Trinajstić information content (AvgIpc) is 3.35. The molecule has 158 valence electrons. The molecule has 30 heavy (non-hydrogen) atoms. The minimum absolute atomic E-state index is 0.0151. The zero-order valence-corrected chi connectivity index (χ0v) is 18.8. The number of aryl methyl sites for hydroxylation is 2. The number of nitrogens with zero attached hydrogens (tertiary/aromatic N) is 1. The van der Waals surface area contributed by atoms with Crippen LogP contribution in [0.5, 0.6) is 5.88 Å². The SMILES string of the molecule is CC.CC.CCc1ccc(C2=NC(=O)c3c(-c4ccc(CC)cc4)[nH]c(O)c32)cc1. The second-order valence-electron chi connectivity index (χ2n) is 6.47. The first-order valence-electron chi connectivity index (χ1n) is 10.9. The summed E-state index contributed by atoms with van der Waals surface area (Å²) in [6, 6.07) is 15.9. The van der Waals surface area contributed by atoms with Crippen LogP contribution in [0, 0.1) is 0 Å². The zero-order chi connectivity index (χ0) is 22.3. The number of H-pyrrole nitrogens is 1. The molecule has 0 aliphatic carbocycles. The van der Waals surface area contributed by atoms with Crippen molar-refractivity contribution in [2.45, 2.75) is 54.4 Å². The van der Waals surface area contributed by atoms with E-state index in [-0.39, 0.29) is 11.8 Å². The first kappa shape index (κ1) is 23.1. The molecule has 4 heteroatoms. The number of hydrogen-bond acceptors (Lipinski definition) is 2. The molecule has 2 heterocycles. The summed E-state index contributed by atoms with van der Waals surface area (Å²) in [5.41, 5.74) is 6.22. The molecule has 0 atom stereocenters. The Bertz CT molecular complexity index is 1010. The van der Waals surface area contributed by atoms with Gasteiger partial charge in [-0.25, -0.2) is 4.99 Å². The van der Waals surface area contributed by atoms with Crippen LogP contribution in [0.15, 0.2) is 53.5 Å². The number of fused-ring (bicyclic) bond motifs is 1. The van der Waals surface area contributed by atoms with Crippen LogP contribution in [0.25, 0.3) is 11.3 Å². The second-order valence-corrected chi connectivity index (χ2v) is 6.47. The minimum Gasteiger partial charge on any atom is -0.494 e. The molecule has 1 aliphatic rings. The van der Waals surface area contributed by atoms with Gasteiger partial charge in [-0.3, -0.25) is 4.79 Å². The zero-order valence-electron chi connectivity index (χ0n) is 18.8. The van der Waals surface area contributed by atoms with Gasteiger partial charge in [0.1, 0.15) is 0 Å². The van der Waals surface area contributed by atoms with Crippen molar-refractivity contribution in [2.24, 2.45) is 4.99 Å². The van der Waals surface area contributed by atoms with Crippen molar-refractivity contribution in [3.63, 3.8) is 0 Å². The lowest BCUT2D eigenvalue weighted by Crippen LogP contribution is -2.00. The van der Waals surface area contributed by atoms with Crippen LogP contribution in [-0.2, 0) is 12.8 Å². The smallest absolute Gasteiger partial charge is 0.280 e. The van der Waals surface area contributed by atoms with E-state index >= 15 is 0 Å². The lowest BCUT2D eigenvalue weighted by Gasteiger charge is -2.03. The molecule has 0 saturated heterocycles. The van der Waals surface area contributed by atoms with Crippen LogP contribution in [-0.4, -0.2) is 21.7 Å². The largest absolute Gasteiger partial charge is 0.494 e. The summed E-state index contributed by atoms with van der Waals surface area (Å²) < 4.78 is 0. The molecular weight excluding hydrogens is 372 g/mol. The number of amides is 1. The lowest BCUT2D eigenvalue weighted by molar-refractivity contribution is 0.101. The Morgan fingerprint density at radius 3 is 1.70 bits per heavy atom. The van der Waals surface area contributed by atoms with Gasteiger partial charge in [0.2, 0.25) is 0 Å². The molecule has 0 unspecified atom stereocenters. The normalized spacial score (nSPS) is 11.7. The third-order valence-electron chi connectivity index (χ3n) is 4.93. The van der Waals surface area contributed by atoms with E-state index in [4.69, 9.17) is 0 Å². The predicted octanol–water partition coefficient (Wildman–Crippen LogP) is 6.56. The summed E-state index contributed by atoms with van der Waals surface area (Å²) >= 11 is 0. The fourth-order valence-corrected chi connectivity index (χ4v) is 3.38. The molecule has 4 rings (SSSR count). The number of aromatic amines is 1. The van der Waals surface area contributed by atoms with E-state index in [0.717, 1.165) is 24.0 Å². The molecule has 2 aromatic carbocycles. The van der Waals surface area contributed by atoms with Crippen LogP contribution >= 0.6 is 0 Å². The average molecular weight is 405 g/mol. The van der Waals surface area contributed by atoms with Gasteiger partial charge in [-0.05, 0) is 29.5 Å². The van der Waals surface area contributed by atoms with Crippen molar-refractivity contribution < 1.29 is 9.90 Å². The Hall–Kier alpha value is -3.14. The molecule has 1 aliphatic heterocycles. The Morgan fingerprint density at radius 1 is 0.767 bits per heavy atom. The summed E-state index contributed by atoms with van der Waals surface area (Å²) in [7, 11) is 0. The lowest BCUT2D eigenvalue weighted by atomic mass is 9.98. The number of carbonyl (C=O) groups is 1. The van der Waals surface area contributed by atoms with Gasteiger partial charge in [0.25, 0.3) is 5.91 Å². The second kappa shape index (κ2) is 10.6. The molecule has 3 aromatic rings. The first-order valence-corrected chi connectivity index (χ1v) is 10.9. The van der Waals surface area contributed by atoms with Gasteiger partial charge in [-0.2, -0.15) is 0 Å². The van der Waals surface area contributed by atoms with Crippen LogP contribution in [0.2, 0.25) is 0 Å². The number of hydrogen-bond donors (Lipinski definition) is 2. The number of rotatable bonds is 4. The molecule has 1 aromatic heterocycles. The maximum Gasteiger partial charge on any atom is 0.280 e. The van der Waals surface area contributed by atoms with Crippen molar-refractivity contribution in [3.05, 3.63) is 76.3 Å². The topological polar surface area (TPSA) is 65.5 Å². The van der Waals surface area contributed by atoms with Crippen molar-refractivity contribution in [2.75, 3.05) is 0 Å². The number of benzene rings is 2. The molecule has 0 spiro atoms. The van der Waals surface area contributed by atoms with Gasteiger partial charge in [0, 0.05) is 5.56 Å². The number of nitrogens with one attached hydrogen (secondary N) is 1. The Labute approximate surface area is 179 Å². The monoisotopic (exact) mass is 404 g/mol. The molecule has 0 saturated carbocycles. The third kappa shape index (κ3) is 4.38. The highest BCUT2D eigenvalue weighted by Gasteiger charge is 2.33. The summed E-state index contributed by atoms with van der Waals surface area (Å²) in [6.07, 6.45) is 1.90. The maximum atomic E-state index is 12.6. The van der Waals surface area contributed by atoms with E-state index in [1.54, 1.807) is 0 Å². The fraction of sp³-hybridized carbons (Fsp3) is 0.308. The number of aliphatic imine (C=N–C) groups is 1. The van der Waals surface area contributed by atoms with Gasteiger partial charge in [-0.15, -0.1) is 0 Å². The van der Waals surface area contributed by atoms with Gasteiger partial charge in [0.15, 0.2) is 5.88 Å². The minimum atomic E-state index is -0.319. The van der Waals surface area contributed by atoms with Crippen LogP contribution in [0.1, 0.15) is 74.2 Å². The molecule has 1 amide bonds. The Balaban J connectivity index is 0.000000757. The molecule has 2 N–H and O–H groups in total. The van der Waals surface area contributed by atoms with Crippen LogP contribution in [0.4, 0.5) is 0 Å². The van der Waals surface area contributed by atoms with Crippen LogP contribution in [0.3, 0.4) is 0 Å². The Kier molecular flexibility index (Phi) is 8.16. The van der Waals surface area contributed by atoms with E-state index < -0.39 is 0 Å². The fourth-order valence-electron chi connectivity index (χ4n) is 3.38. The van der Waals surface area contributed by atoms with E-state index in [2.05, 4.69) is 23.8 Å². The standard InChI is InChI=1S/C22H20N2O2.2C2H6/c1-3-13-5-9-15(10-6-13)19-17-18(22(26)23-19)20(24-21(17)25)16-11-7-14(4-2)8-12-16;2*1-2/h5-12,23,26H,3-4H2,1-2H3;2*1-2H3. The van der Waals surface area contributed by atoms with Gasteiger partial charge in [0.05, 0.1) is 22.5 Å². The number of aromatic nitrogens is 1. The summed E-state index contributed by atoms with van der Waals surface area (Å²) in [5, 5.41) is 10.5. The van der Waals surface area contributed by atoms with E-state index in [0.29, 0.717) is 22.5 Å².